The molecule has 0 rings (SSSR count). The molecule has 1 amide bonds. The number of carboxylic acid groups (broad SMARTS) is 1. The molecule has 0 aromatic carbocycles. The third-order valence-corrected chi connectivity index (χ3v) is 1.88. The van der Waals surface area contributed by atoms with Crippen LogP contribution >= 0.6 is 0 Å². The number of aliphatic carboxylic acids is 1. The maximum atomic E-state index is 11.6. The number of esters is 1. The largest absolute Gasteiger partial charge is 0.480 e. The quantitative estimate of drug-likeness (QED) is 0.755. The van der Waals surface area contributed by atoms with Crippen LogP contribution in [0.2, 0.25) is 0 Å². The average Bonchev–Trinajstić information content (AvgIpc) is 2.13. The molecule has 0 spiro atoms. The number of carboxylic acids is 1. The Kier molecular flexibility index (Phi) is 5.61. The number of nitrogens with zero attached hydrogens (tertiary/aromatic N) is 1. The van der Waals surface area contributed by atoms with E-state index in [-0.39, 0.29) is 0 Å². The van der Waals surface area contributed by atoms with E-state index in [1.54, 1.807) is 20.8 Å². The molecule has 18 heavy (non-hydrogen) atoms. The smallest absolute Gasteiger partial charge is 0.410 e. The van der Waals surface area contributed by atoms with Crippen LogP contribution in [0.15, 0.2) is 0 Å². The number of amides is 1. The van der Waals surface area contributed by atoms with Crippen molar-refractivity contribution >= 4 is 18.0 Å². The summed E-state index contributed by atoms with van der Waals surface area (Å²) in [4.78, 5) is 34.2. The topological polar surface area (TPSA) is 93.1 Å². The molecule has 1 atom stereocenters. The number of hydrogen-bond acceptors (Lipinski definition) is 5. The molecule has 0 saturated heterocycles. The molecule has 0 aliphatic heterocycles. The van der Waals surface area contributed by atoms with Gasteiger partial charge in [0.2, 0.25) is 0 Å². The Labute approximate surface area is 106 Å². The van der Waals surface area contributed by atoms with Crippen molar-refractivity contribution < 1.29 is 29.0 Å². The highest BCUT2D eigenvalue weighted by atomic mass is 16.6. The number of ether oxygens (including phenoxy) is 2. The molecule has 0 aromatic heterocycles. The Bertz CT molecular complexity index is 333. The van der Waals surface area contributed by atoms with Crippen molar-refractivity contribution in [3.63, 3.8) is 0 Å². The number of likely N-dealkylation sites (N-methyl/N-ethyl adjacent to an activating group) is 1. The fraction of sp³-hybridized carbons (Fsp3) is 0.727. The van der Waals surface area contributed by atoms with Crippen molar-refractivity contribution in [2.75, 3.05) is 13.7 Å². The molecule has 0 unspecified atom stereocenters. The summed E-state index contributed by atoms with van der Waals surface area (Å²) in [6.07, 6.45) is -0.790. The lowest BCUT2D eigenvalue weighted by Crippen LogP contribution is -2.47. The molecule has 0 bridgehead atoms. The highest BCUT2D eigenvalue weighted by Gasteiger charge is 2.30. The van der Waals surface area contributed by atoms with Crippen molar-refractivity contribution in [1.29, 1.82) is 0 Å². The van der Waals surface area contributed by atoms with Gasteiger partial charge in [-0.1, -0.05) is 0 Å². The summed E-state index contributed by atoms with van der Waals surface area (Å²) in [7, 11) is 1.27. The maximum Gasteiger partial charge on any atom is 0.410 e. The molecule has 7 heteroatoms. The first-order valence-electron chi connectivity index (χ1n) is 5.36. The first kappa shape index (κ1) is 16.2. The van der Waals surface area contributed by atoms with Gasteiger partial charge in [-0.2, -0.15) is 0 Å². The second kappa shape index (κ2) is 6.23. The number of hydrogen-bond donors (Lipinski definition) is 1. The standard InChI is InChI=1S/C11H19NO6/c1-7(13)17-6-8(9(14)15)12(5)10(16)18-11(2,3)4/h8H,6H2,1-5H3,(H,14,15)/t8-/m1/s1. The number of rotatable bonds is 4. The lowest BCUT2D eigenvalue weighted by Gasteiger charge is -2.28. The van der Waals surface area contributed by atoms with Crippen LogP contribution in [0.1, 0.15) is 27.7 Å². The molecule has 104 valence electrons. The van der Waals surface area contributed by atoms with Gasteiger partial charge in [-0.15, -0.1) is 0 Å². The predicted octanol–water partition coefficient (Wildman–Crippen LogP) is 0.870. The minimum atomic E-state index is -1.27. The van der Waals surface area contributed by atoms with E-state index in [1.165, 1.54) is 7.05 Å². The fourth-order valence-corrected chi connectivity index (χ4v) is 1.01. The first-order chi connectivity index (χ1) is 8.04. The minimum Gasteiger partial charge on any atom is -0.480 e. The summed E-state index contributed by atoms with van der Waals surface area (Å²) in [6.45, 7) is 5.74. The van der Waals surface area contributed by atoms with Crippen molar-refractivity contribution in [2.24, 2.45) is 0 Å². The number of carbonyl (C=O) groups is 3. The van der Waals surface area contributed by atoms with Gasteiger partial charge in [-0.05, 0) is 20.8 Å². The molecular weight excluding hydrogens is 242 g/mol. The first-order valence-corrected chi connectivity index (χ1v) is 5.36. The molecule has 0 aromatic rings. The molecule has 7 nitrogen and oxygen atoms in total. The van der Waals surface area contributed by atoms with Gasteiger partial charge in [-0.25, -0.2) is 9.59 Å². The average molecular weight is 261 g/mol. The van der Waals surface area contributed by atoms with E-state index >= 15 is 0 Å². The summed E-state index contributed by atoms with van der Waals surface area (Å²) in [5.74, 6) is -1.89. The second-order valence-corrected chi connectivity index (χ2v) is 4.75. The third kappa shape index (κ3) is 6.07. The van der Waals surface area contributed by atoms with Gasteiger partial charge in [0.05, 0.1) is 0 Å². The molecular formula is C11H19NO6. The van der Waals surface area contributed by atoms with E-state index in [2.05, 4.69) is 4.74 Å². The van der Waals surface area contributed by atoms with Gasteiger partial charge < -0.3 is 14.6 Å². The maximum absolute atomic E-state index is 11.6. The zero-order valence-electron chi connectivity index (χ0n) is 11.2. The van der Waals surface area contributed by atoms with Gasteiger partial charge in [0.15, 0.2) is 6.04 Å². The summed E-state index contributed by atoms with van der Waals surface area (Å²) in [6, 6.07) is -1.27. The van der Waals surface area contributed by atoms with Gasteiger partial charge in [0.25, 0.3) is 0 Å². The molecule has 0 aliphatic carbocycles. The predicted molar refractivity (Wildman–Crippen MR) is 62.1 cm³/mol. The van der Waals surface area contributed by atoms with E-state index in [9.17, 15) is 14.4 Å². The Balaban J connectivity index is 4.65. The molecule has 0 fully saturated rings. The van der Waals surface area contributed by atoms with E-state index in [0.717, 1.165) is 11.8 Å². The molecule has 0 aliphatic rings. The lowest BCUT2D eigenvalue weighted by molar-refractivity contribution is -0.150. The Morgan fingerprint density at radius 2 is 1.78 bits per heavy atom. The van der Waals surface area contributed by atoms with Gasteiger partial charge >= 0.3 is 18.0 Å². The summed E-state index contributed by atoms with van der Waals surface area (Å²) in [5, 5.41) is 8.96. The van der Waals surface area contributed by atoms with E-state index < -0.39 is 36.3 Å². The fourth-order valence-electron chi connectivity index (χ4n) is 1.01. The zero-order chi connectivity index (χ0) is 14.5. The van der Waals surface area contributed by atoms with Crippen LogP contribution in [0.4, 0.5) is 4.79 Å². The van der Waals surface area contributed by atoms with Crippen molar-refractivity contribution in [3.8, 4) is 0 Å². The van der Waals surface area contributed by atoms with Crippen LogP contribution in [0.5, 0.6) is 0 Å². The Hall–Kier alpha value is -1.79. The van der Waals surface area contributed by atoms with Gasteiger partial charge in [0, 0.05) is 14.0 Å². The number of carbonyl (C=O) groups excluding carboxylic acids is 2. The minimum absolute atomic E-state index is 0.416. The summed E-state index contributed by atoms with van der Waals surface area (Å²) < 4.78 is 9.62. The molecule has 0 saturated carbocycles. The molecule has 0 radical (unpaired) electrons. The van der Waals surface area contributed by atoms with E-state index in [1.807, 2.05) is 0 Å². The second-order valence-electron chi connectivity index (χ2n) is 4.75. The highest BCUT2D eigenvalue weighted by Crippen LogP contribution is 2.11. The Morgan fingerprint density at radius 1 is 1.28 bits per heavy atom. The van der Waals surface area contributed by atoms with E-state index in [4.69, 9.17) is 9.84 Å². The SMILES string of the molecule is CC(=O)OC[C@H](C(=O)O)N(C)C(=O)OC(C)(C)C. The Morgan fingerprint density at radius 3 is 2.11 bits per heavy atom. The van der Waals surface area contributed by atoms with Crippen LogP contribution in [-0.2, 0) is 19.1 Å². The van der Waals surface area contributed by atoms with Gasteiger partial charge in [-0.3, -0.25) is 9.69 Å². The van der Waals surface area contributed by atoms with Crippen molar-refractivity contribution in [3.05, 3.63) is 0 Å². The van der Waals surface area contributed by atoms with E-state index in [0.29, 0.717) is 0 Å². The van der Waals surface area contributed by atoms with Gasteiger partial charge in [0.1, 0.15) is 12.2 Å². The molecule has 1 N–H and O–H groups in total. The van der Waals surface area contributed by atoms with Crippen LogP contribution in [-0.4, -0.2) is 53.3 Å². The van der Waals surface area contributed by atoms with Crippen molar-refractivity contribution in [2.45, 2.75) is 39.3 Å². The zero-order valence-corrected chi connectivity index (χ0v) is 11.2. The summed E-state index contributed by atoms with van der Waals surface area (Å²) >= 11 is 0. The normalized spacial score (nSPS) is 12.5. The molecule has 0 heterocycles. The monoisotopic (exact) mass is 261 g/mol. The lowest BCUT2D eigenvalue weighted by atomic mass is 10.2. The third-order valence-electron chi connectivity index (χ3n) is 1.88. The summed E-state index contributed by atoms with van der Waals surface area (Å²) in [5.41, 5.74) is -0.726. The van der Waals surface area contributed by atoms with Crippen LogP contribution < -0.4 is 0 Å². The van der Waals surface area contributed by atoms with Crippen LogP contribution in [0, 0.1) is 0 Å². The van der Waals surface area contributed by atoms with Crippen LogP contribution in [0.3, 0.4) is 0 Å². The highest BCUT2D eigenvalue weighted by molar-refractivity contribution is 5.80. The van der Waals surface area contributed by atoms with Crippen molar-refractivity contribution in [1.82, 2.24) is 4.90 Å². The van der Waals surface area contributed by atoms with Crippen LogP contribution in [0.25, 0.3) is 0 Å².